The molecule has 0 bridgehead atoms. The van der Waals surface area contributed by atoms with Gasteiger partial charge in [0.15, 0.2) is 6.10 Å². The van der Waals surface area contributed by atoms with Crippen LogP contribution in [0.3, 0.4) is 0 Å². The maximum Gasteiger partial charge on any atom is 0.469 e. The van der Waals surface area contributed by atoms with Gasteiger partial charge in [0.05, 0.1) is 6.61 Å². The van der Waals surface area contributed by atoms with E-state index in [9.17, 15) is 14.2 Å². The molecule has 0 saturated carbocycles. The highest BCUT2D eigenvalue weighted by Gasteiger charge is 2.22. The highest BCUT2D eigenvalue weighted by molar-refractivity contribution is 7.46. The minimum absolute atomic E-state index is 0.203. The molecule has 0 radical (unpaired) electrons. The zero-order chi connectivity index (χ0) is 29.0. The minimum Gasteiger partial charge on any atom is -0.462 e. The number of allylic oxidation sites excluding steroid dienone is 4. The Bertz CT molecular complexity index is 701. The number of rotatable bonds is 27. The van der Waals surface area contributed by atoms with E-state index in [1.165, 1.54) is 51.4 Å². The van der Waals surface area contributed by atoms with Crippen molar-refractivity contribution in [2.75, 3.05) is 13.2 Å². The second-order valence-corrected chi connectivity index (χ2v) is 11.3. The fraction of sp³-hybridized carbons (Fsp3) is 0.800. The van der Waals surface area contributed by atoms with Crippen LogP contribution in [0.15, 0.2) is 24.3 Å². The smallest absolute Gasteiger partial charge is 0.462 e. The van der Waals surface area contributed by atoms with Crippen LogP contribution in [-0.2, 0) is 28.2 Å². The predicted molar refractivity (Wildman–Crippen MR) is 156 cm³/mol. The fourth-order valence-corrected chi connectivity index (χ4v) is 4.29. The Morgan fingerprint density at radius 1 is 0.667 bits per heavy atom. The average Bonchev–Trinajstić information content (AvgIpc) is 2.89. The van der Waals surface area contributed by atoms with Crippen LogP contribution in [0.1, 0.15) is 136 Å². The lowest BCUT2D eigenvalue weighted by atomic mass is 10.1. The number of unbranched alkanes of at least 4 members (excludes halogenated alkanes) is 13. The van der Waals surface area contributed by atoms with Gasteiger partial charge in [-0.1, -0.05) is 102 Å². The molecule has 9 heteroatoms. The highest BCUT2D eigenvalue weighted by atomic mass is 31.2. The first kappa shape index (κ1) is 37.5. The molecular formula is C30H55O8P. The Kier molecular flexibility index (Phi) is 25.7. The third kappa shape index (κ3) is 29.3. The fourth-order valence-electron chi connectivity index (χ4n) is 3.93. The van der Waals surface area contributed by atoms with Crippen LogP contribution in [0, 0.1) is 0 Å². The van der Waals surface area contributed by atoms with Gasteiger partial charge in [-0.2, -0.15) is 0 Å². The monoisotopic (exact) mass is 574 g/mol. The Hall–Kier alpha value is -1.47. The molecule has 0 aliphatic heterocycles. The van der Waals surface area contributed by atoms with Crippen molar-refractivity contribution in [3.05, 3.63) is 24.3 Å². The van der Waals surface area contributed by atoms with Crippen molar-refractivity contribution in [1.29, 1.82) is 0 Å². The lowest BCUT2D eigenvalue weighted by Crippen LogP contribution is -2.29. The van der Waals surface area contributed by atoms with E-state index in [-0.39, 0.29) is 19.4 Å². The first-order valence-electron chi connectivity index (χ1n) is 15.1. The van der Waals surface area contributed by atoms with Crippen molar-refractivity contribution in [3.8, 4) is 0 Å². The third-order valence-electron chi connectivity index (χ3n) is 6.22. The summed E-state index contributed by atoms with van der Waals surface area (Å²) in [7, 11) is -4.73. The van der Waals surface area contributed by atoms with Gasteiger partial charge in [-0.3, -0.25) is 14.1 Å². The first-order chi connectivity index (χ1) is 18.8. The molecule has 2 N–H and O–H groups in total. The number of phosphoric ester groups is 1. The maximum absolute atomic E-state index is 12.2. The van der Waals surface area contributed by atoms with E-state index in [1.54, 1.807) is 0 Å². The number of carbonyl (C=O) groups is 2. The molecule has 0 rings (SSSR count). The average molecular weight is 575 g/mol. The van der Waals surface area contributed by atoms with Crippen LogP contribution in [0.2, 0.25) is 0 Å². The van der Waals surface area contributed by atoms with Crippen molar-refractivity contribution < 1.29 is 37.9 Å². The van der Waals surface area contributed by atoms with Crippen molar-refractivity contribution >= 4 is 19.8 Å². The van der Waals surface area contributed by atoms with E-state index in [2.05, 4.69) is 35.8 Å². The largest absolute Gasteiger partial charge is 0.469 e. The summed E-state index contributed by atoms with van der Waals surface area (Å²) < 4.78 is 25.8. The SMILES string of the molecule is CCCCCC/C=C\C/C=C\CCCCCCCCCC(=O)OC(COC(=O)CCCCC)COP(=O)(O)O. The molecule has 0 fully saturated rings. The van der Waals surface area contributed by atoms with Gasteiger partial charge in [0.25, 0.3) is 0 Å². The van der Waals surface area contributed by atoms with Gasteiger partial charge < -0.3 is 19.3 Å². The number of carbonyl (C=O) groups excluding carboxylic acids is 2. The van der Waals surface area contributed by atoms with E-state index in [1.807, 2.05) is 6.92 Å². The topological polar surface area (TPSA) is 119 Å². The Balaban J connectivity index is 3.88. The summed E-state index contributed by atoms with van der Waals surface area (Å²) in [5.74, 6) is -0.924. The van der Waals surface area contributed by atoms with Crippen molar-refractivity contribution in [1.82, 2.24) is 0 Å². The summed E-state index contributed by atoms with van der Waals surface area (Å²) in [6.07, 6.45) is 27.0. The number of ether oxygens (including phenoxy) is 2. The molecule has 228 valence electrons. The quantitative estimate of drug-likeness (QED) is 0.0437. The molecule has 0 aromatic heterocycles. The van der Waals surface area contributed by atoms with Gasteiger partial charge in [-0.05, 0) is 44.9 Å². The molecule has 0 aromatic rings. The standard InChI is InChI=1S/C30H55O8P/c1-3-5-7-8-9-10-11-12-13-14-15-16-17-18-19-20-21-23-25-30(32)38-28(27-37-39(33,34)35)26-36-29(31)24-22-6-4-2/h10-11,13-14,28H,3-9,12,15-27H2,1-2H3,(H2,33,34,35)/b11-10-,14-13-. The van der Waals surface area contributed by atoms with E-state index < -0.39 is 32.5 Å². The van der Waals surface area contributed by atoms with Crippen LogP contribution in [0.25, 0.3) is 0 Å². The van der Waals surface area contributed by atoms with Crippen LogP contribution in [0.4, 0.5) is 0 Å². The molecule has 1 atom stereocenters. The molecule has 0 amide bonds. The van der Waals surface area contributed by atoms with Crippen molar-refractivity contribution in [2.24, 2.45) is 0 Å². The molecular weight excluding hydrogens is 519 g/mol. The lowest BCUT2D eigenvalue weighted by molar-refractivity contribution is -0.161. The number of phosphoric acid groups is 1. The van der Waals surface area contributed by atoms with E-state index in [0.717, 1.165) is 44.9 Å². The van der Waals surface area contributed by atoms with Gasteiger partial charge in [-0.15, -0.1) is 0 Å². The van der Waals surface area contributed by atoms with Gasteiger partial charge in [0.1, 0.15) is 6.61 Å². The molecule has 0 heterocycles. The second kappa shape index (κ2) is 26.7. The van der Waals surface area contributed by atoms with Gasteiger partial charge >= 0.3 is 19.8 Å². The van der Waals surface area contributed by atoms with Crippen molar-refractivity contribution in [3.63, 3.8) is 0 Å². The Labute approximate surface area is 237 Å². The molecule has 0 aromatic carbocycles. The summed E-state index contributed by atoms with van der Waals surface area (Å²) in [6.45, 7) is 3.43. The van der Waals surface area contributed by atoms with Crippen LogP contribution in [-0.4, -0.2) is 41.0 Å². The first-order valence-corrected chi connectivity index (χ1v) is 16.7. The molecule has 8 nitrogen and oxygen atoms in total. The molecule has 0 aliphatic carbocycles. The van der Waals surface area contributed by atoms with Crippen molar-refractivity contribution in [2.45, 2.75) is 142 Å². The third-order valence-corrected chi connectivity index (χ3v) is 6.71. The summed E-state index contributed by atoms with van der Waals surface area (Å²) in [5.41, 5.74) is 0. The van der Waals surface area contributed by atoms with Crippen LogP contribution >= 0.6 is 7.82 Å². The number of hydrogen-bond donors (Lipinski definition) is 2. The summed E-state index contributed by atoms with van der Waals surface area (Å²) in [6, 6.07) is 0. The van der Waals surface area contributed by atoms with Crippen LogP contribution in [0.5, 0.6) is 0 Å². The molecule has 0 aliphatic rings. The minimum atomic E-state index is -4.73. The predicted octanol–water partition coefficient (Wildman–Crippen LogP) is 8.11. The van der Waals surface area contributed by atoms with E-state index in [0.29, 0.717) is 12.8 Å². The summed E-state index contributed by atoms with van der Waals surface area (Å²) >= 11 is 0. The molecule has 39 heavy (non-hydrogen) atoms. The van der Waals surface area contributed by atoms with Gasteiger partial charge in [0, 0.05) is 12.8 Å². The summed E-state index contributed by atoms with van der Waals surface area (Å²) in [4.78, 5) is 41.8. The zero-order valence-electron chi connectivity index (χ0n) is 24.5. The molecule has 1 unspecified atom stereocenters. The zero-order valence-corrected chi connectivity index (χ0v) is 25.4. The van der Waals surface area contributed by atoms with E-state index >= 15 is 0 Å². The molecule has 0 spiro atoms. The normalized spacial score (nSPS) is 12.8. The van der Waals surface area contributed by atoms with Crippen LogP contribution < -0.4 is 0 Å². The van der Waals surface area contributed by atoms with E-state index in [4.69, 9.17) is 19.3 Å². The number of hydrogen-bond acceptors (Lipinski definition) is 6. The highest BCUT2D eigenvalue weighted by Crippen LogP contribution is 2.35. The maximum atomic E-state index is 12.2. The summed E-state index contributed by atoms with van der Waals surface area (Å²) in [5, 5.41) is 0. The number of esters is 2. The van der Waals surface area contributed by atoms with Gasteiger partial charge in [-0.25, -0.2) is 4.57 Å². The molecule has 0 saturated heterocycles. The van der Waals surface area contributed by atoms with Gasteiger partial charge in [0.2, 0.25) is 0 Å². The second-order valence-electron chi connectivity index (χ2n) is 10.1. The Morgan fingerprint density at radius 3 is 1.74 bits per heavy atom. The lowest BCUT2D eigenvalue weighted by Gasteiger charge is -2.18. The Morgan fingerprint density at radius 2 is 1.15 bits per heavy atom.